The molecule has 28 heavy (non-hydrogen) atoms. The molecule has 1 aromatic carbocycles. The molecule has 8 heteroatoms. The summed E-state index contributed by atoms with van der Waals surface area (Å²) in [6, 6.07) is 3.87. The lowest BCUT2D eigenvalue weighted by Gasteiger charge is -2.27. The average molecular weight is 410 g/mol. The summed E-state index contributed by atoms with van der Waals surface area (Å²) in [6.45, 7) is 5.47. The maximum absolute atomic E-state index is 12.7. The van der Waals surface area contributed by atoms with Crippen LogP contribution in [0.25, 0.3) is 0 Å². The lowest BCUT2D eigenvalue weighted by atomic mass is 9.87. The molecule has 2 fully saturated rings. The van der Waals surface area contributed by atoms with Gasteiger partial charge in [0.2, 0.25) is 0 Å². The minimum Gasteiger partial charge on any atom is -0.464 e. The number of aryl methyl sites for hydroxylation is 2. The first kappa shape index (κ1) is 20.8. The number of fused-ring (bicyclic) bond motifs is 2. The van der Waals surface area contributed by atoms with Crippen molar-refractivity contribution in [3.8, 4) is 0 Å². The molecule has 3 rings (SSSR count). The van der Waals surface area contributed by atoms with E-state index in [1.807, 2.05) is 32.9 Å². The first-order chi connectivity index (χ1) is 13.0. The summed E-state index contributed by atoms with van der Waals surface area (Å²) in [7, 11) is -4.15. The normalized spacial score (nSPS) is 26.3. The SMILES string of the molecule is Cc1cc(C)c(C)c(C(=O)OC2CC3CC2CC3C(=O)OCCS(=O)(=O)O)c1. The third-order valence-electron chi connectivity index (χ3n) is 5.97. The molecule has 1 N–H and O–H groups in total. The second kappa shape index (κ2) is 7.83. The fraction of sp³-hybridized carbons (Fsp3) is 0.600. The van der Waals surface area contributed by atoms with Gasteiger partial charge >= 0.3 is 11.9 Å². The molecular formula is C20H26O7S. The van der Waals surface area contributed by atoms with Crippen LogP contribution >= 0.6 is 0 Å². The quantitative estimate of drug-likeness (QED) is 0.567. The summed E-state index contributed by atoms with van der Waals surface area (Å²) in [5.74, 6) is -1.49. The Morgan fingerprint density at radius 2 is 1.82 bits per heavy atom. The highest BCUT2D eigenvalue weighted by atomic mass is 32.2. The van der Waals surface area contributed by atoms with E-state index >= 15 is 0 Å². The van der Waals surface area contributed by atoms with Crippen molar-refractivity contribution in [1.29, 1.82) is 0 Å². The van der Waals surface area contributed by atoms with Crippen molar-refractivity contribution in [2.75, 3.05) is 12.4 Å². The van der Waals surface area contributed by atoms with Gasteiger partial charge in [-0.05, 0) is 74.6 Å². The molecule has 0 radical (unpaired) electrons. The zero-order valence-electron chi connectivity index (χ0n) is 16.3. The van der Waals surface area contributed by atoms with Crippen molar-refractivity contribution >= 4 is 22.1 Å². The molecule has 0 aromatic heterocycles. The molecule has 2 bridgehead atoms. The second-order valence-electron chi connectivity index (χ2n) is 7.99. The van der Waals surface area contributed by atoms with Gasteiger partial charge in [0.05, 0.1) is 11.5 Å². The van der Waals surface area contributed by atoms with E-state index in [2.05, 4.69) is 0 Å². The summed E-state index contributed by atoms with van der Waals surface area (Å²) in [4.78, 5) is 24.8. The van der Waals surface area contributed by atoms with E-state index in [9.17, 15) is 18.0 Å². The van der Waals surface area contributed by atoms with Crippen molar-refractivity contribution in [3.05, 3.63) is 34.4 Å². The Morgan fingerprint density at radius 3 is 2.43 bits per heavy atom. The molecule has 0 aliphatic heterocycles. The van der Waals surface area contributed by atoms with Crippen molar-refractivity contribution in [1.82, 2.24) is 0 Å². The van der Waals surface area contributed by atoms with Gasteiger partial charge in [-0.3, -0.25) is 9.35 Å². The van der Waals surface area contributed by atoms with Gasteiger partial charge in [-0.15, -0.1) is 0 Å². The van der Waals surface area contributed by atoms with Crippen LogP contribution in [0.5, 0.6) is 0 Å². The predicted octanol–water partition coefficient (Wildman–Crippen LogP) is 2.61. The van der Waals surface area contributed by atoms with E-state index in [1.54, 1.807) is 0 Å². The van der Waals surface area contributed by atoms with E-state index in [1.165, 1.54) is 0 Å². The zero-order chi connectivity index (χ0) is 20.6. The first-order valence-corrected chi connectivity index (χ1v) is 11.1. The maximum Gasteiger partial charge on any atom is 0.338 e. The number of benzene rings is 1. The van der Waals surface area contributed by atoms with Crippen LogP contribution in [0.2, 0.25) is 0 Å². The molecule has 4 unspecified atom stereocenters. The Morgan fingerprint density at radius 1 is 1.11 bits per heavy atom. The smallest absolute Gasteiger partial charge is 0.338 e. The van der Waals surface area contributed by atoms with Crippen molar-refractivity contribution in [3.63, 3.8) is 0 Å². The van der Waals surface area contributed by atoms with Crippen LogP contribution in [0.4, 0.5) is 0 Å². The molecule has 4 atom stereocenters. The lowest BCUT2D eigenvalue weighted by Crippen LogP contribution is -2.32. The van der Waals surface area contributed by atoms with Crippen LogP contribution in [-0.4, -0.2) is 43.4 Å². The Bertz CT molecular complexity index is 890. The van der Waals surface area contributed by atoms with Gasteiger partial charge in [0.25, 0.3) is 10.1 Å². The van der Waals surface area contributed by atoms with Crippen molar-refractivity contribution in [2.45, 2.75) is 46.1 Å². The first-order valence-electron chi connectivity index (χ1n) is 9.45. The fourth-order valence-electron chi connectivity index (χ4n) is 4.46. The van der Waals surface area contributed by atoms with Crippen LogP contribution in [0.15, 0.2) is 12.1 Å². The summed E-state index contributed by atoms with van der Waals surface area (Å²) in [5.41, 5.74) is 3.56. The lowest BCUT2D eigenvalue weighted by molar-refractivity contribution is -0.150. The number of hydrogen-bond donors (Lipinski definition) is 1. The maximum atomic E-state index is 12.7. The second-order valence-corrected chi connectivity index (χ2v) is 9.56. The molecular weight excluding hydrogens is 384 g/mol. The molecule has 7 nitrogen and oxygen atoms in total. The Hall–Kier alpha value is -1.93. The van der Waals surface area contributed by atoms with Crippen molar-refractivity contribution in [2.24, 2.45) is 17.8 Å². The summed E-state index contributed by atoms with van der Waals surface area (Å²) in [5, 5.41) is 0. The van der Waals surface area contributed by atoms with E-state index in [0.29, 0.717) is 18.4 Å². The minimum absolute atomic E-state index is 0.0707. The van der Waals surface area contributed by atoms with Crippen LogP contribution in [0, 0.1) is 38.5 Å². The van der Waals surface area contributed by atoms with Crippen LogP contribution in [0.1, 0.15) is 46.3 Å². The molecule has 1 aromatic rings. The Labute approximate surface area is 165 Å². The summed E-state index contributed by atoms with van der Waals surface area (Å²) in [6.07, 6.45) is 1.76. The molecule has 0 spiro atoms. The topological polar surface area (TPSA) is 107 Å². The fourth-order valence-corrected chi connectivity index (χ4v) is 4.76. The van der Waals surface area contributed by atoms with Gasteiger partial charge in [-0.25, -0.2) is 4.79 Å². The Kier molecular flexibility index (Phi) is 5.82. The standard InChI is InChI=1S/C20H26O7S/c1-11-6-12(2)13(3)16(7-11)20(22)27-18-10-14-8-15(18)9-17(14)19(21)26-4-5-28(23,24)25/h6-7,14-15,17-18H,4-5,8-10H2,1-3H3,(H,23,24,25). The van der Waals surface area contributed by atoms with Gasteiger partial charge in [-0.1, -0.05) is 6.07 Å². The zero-order valence-corrected chi connectivity index (χ0v) is 17.1. The highest BCUT2D eigenvalue weighted by molar-refractivity contribution is 7.85. The Balaban J connectivity index is 1.56. The minimum atomic E-state index is -4.15. The monoisotopic (exact) mass is 410 g/mol. The van der Waals surface area contributed by atoms with Crippen molar-refractivity contribution < 1.29 is 32.0 Å². The number of hydrogen-bond acceptors (Lipinski definition) is 6. The van der Waals surface area contributed by atoms with Crippen LogP contribution < -0.4 is 0 Å². The number of ether oxygens (including phenoxy) is 2. The number of esters is 2. The van der Waals surface area contributed by atoms with E-state index in [-0.39, 0.29) is 36.4 Å². The van der Waals surface area contributed by atoms with Gasteiger partial charge in [0.1, 0.15) is 18.5 Å². The van der Waals surface area contributed by atoms with Crippen LogP contribution in [-0.2, 0) is 24.4 Å². The highest BCUT2D eigenvalue weighted by Gasteiger charge is 2.50. The summed E-state index contributed by atoms with van der Waals surface area (Å²) >= 11 is 0. The molecule has 0 amide bonds. The average Bonchev–Trinajstić information content (AvgIpc) is 3.17. The molecule has 154 valence electrons. The van der Waals surface area contributed by atoms with Crippen LogP contribution in [0.3, 0.4) is 0 Å². The van der Waals surface area contributed by atoms with E-state index in [4.69, 9.17) is 14.0 Å². The number of rotatable bonds is 6. The molecule has 2 aliphatic rings. The highest BCUT2D eigenvalue weighted by Crippen LogP contribution is 2.50. The largest absolute Gasteiger partial charge is 0.464 e. The predicted molar refractivity (Wildman–Crippen MR) is 102 cm³/mol. The molecule has 0 saturated heterocycles. The number of carbonyl (C=O) groups is 2. The third-order valence-corrected chi connectivity index (χ3v) is 6.65. The van der Waals surface area contributed by atoms with Gasteiger partial charge in [0.15, 0.2) is 0 Å². The molecule has 2 aliphatic carbocycles. The third kappa shape index (κ3) is 4.55. The van der Waals surface area contributed by atoms with E-state index in [0.717, 1.165) is 23.1 Å². The molecule has 2 saturated carbocycles. The summed E-state index contributed by atoms with van der Waals surface area (Å²) < 4.78 is 40.9. The number of carbonyl (C=O) groups excluding carboxylic acids is 2. The van der Waals surface area contributed by atoms with Gasteiger partial charge in [0, 0.05) is 0 Å². The van der Waals surface area contributed by atoms with E-state index < -0.39 is 21.8 Å². The molecule has 0 heterocycles. The van der Waals surface area contributed by atoms with Gasteiger partial charge in [-0.2, -0.15) is 8.42 Å². The van der Waals surface area contributed by atoms with Gasteiger partial charge < -0.3 is 9.47 Å².